The minimum atomic E-state index is -0.256. The largest absolute Gasteiger partial charge is 0.332 e. The number of benzene rings is 2. The molecule has 0 aromatic heterocycles. The van der Waals surface area contributed by atoms with Gasteiger partial charge in [0.25, 0.3) is 0 Å². The Hall–Kier alpha value is -1.85. The average molecular weight is 344 g/mol. The number of amides is 1. The molecule has 0 bridgehead atoms. The molecule has 2 aromatic rings. The van der Waals surface area contributed by atoms with Gasteiger partial charge < -0.3 is 9.80 Å². The zero-order chi connectivity index (χ0) is 16.9. The van der Waals surface area contributed by atoms with Gasteiger partial charge in [-0.1, -0.05) is 30.3 Å². The first-order chi connectivity index (χ1) is 11.6. The zero-order valence-electron chi connectivity index (χ0n) is 13.7. The predicted molar refractivity (Wildman–Crippen MR) is 95.5 cm³/mol. The average Bonchev–Trinajstić information content (AvgIpc) is 2.61. The van der Waals surface area contributed by atoms with E-state index in [1.54, 1.807) is 12.1 Å². The molecule has 0 spiro atoms. The lowest BCUT2D eigenvalue weighted by Crippen LogP contribution is -2.49. The minimum Gasteiger partial charge on any atom is -0.332 e. The third kappa shape index (κ3) is 4.16. The Labute approximate surface area is 146 Å². The van der Waals surface area contributed by atoms with Crippen LogP contribution in [0.3, 0.4) is 0 Å². The van der Waals surface area contributed by atoms with Gasteiger partial charge in [0.2, 0.25) is 5.91 Å². The third-order valence-corrected chi connectivity index (χ3v) is 5.26. The Kier molecular flexibility index (Phi) is 5.53. The molecule has 1 aliphatic rings. The van der Waals surface area contributed by atoms with Crippen molar-refractivity contribution in [2.24, 2.45) is 0 Å². The summed E-state index contributed by atoms with van der Waals surface area (Å²) in [5.41, 5.74) is 1.17. The van der Waals surface area contributed by atoms with Gasteiger partial charge in [0.15, 0.2) is 0 Å². The van der Waals surface area contributed by atoms with E-state index in [-0.39, 0.29) is 17.8 Å². The van der Waals surface area contributed by atoms with E-state index < -0.39 is 0 Å². The summed E-state index contributed by atoms with van der Waals surface area (Å²) in [6.07, 6.45) is 0. The first-order valence-corrected chi connectivity index (χ1v) is 9.03. The molecule has 24 heavy (non-hydrogen) atoms. The molecule has 3 rings (SSSR count). The molecule has 0 unspecified atom stereocenters. The van der Waals surface area contributed by atoms with E-state index in [0.29, 0.717) is 5.75 Å². The van der Waals surface area contributed by atoms with Crippen LogP contribution in [0, 0.1) is 5.82 Å². The lowest BCUT2D eigenvalue weighted by atomic mass is 10.0. The number of piperazine rings is 1. The maximum atomic E-state index is 13.0. The number of likely N-dealkylation sites (N-methyl/N-ethyl adjacent to an activating group) is 1. The topological polar surface area (TPSA) is 23.6 Å². The smallest absolute Gasteiger partial charge is 0.233 e. The van der Waals surface area contributed by atoms with E-state index in [4.69, 9.17) is 0 Å². The number of carbonyl (C=O) groups is 1. The first-order valence-electron chi connectivity index (χ1n) is 8.05. The van der Waals surface area contributed by atoms with Crippen molar-refractivity contribution in [1.29, 1.82) is 0 Å². The maximum Gasteiger partial charge on any atom is 0.233 e. The number of rotatable bonds is 4. The Morgan fingerprint density at radius 1 is 1.12 bits per heavy atom. The zero-order valence-corrected chi connectivity index (χ0v) is 14.5. The first kappa shape index (κ1) is 17.0. The van der Waals surface area contributed by atoms with Crippen molar-refractivity contribution >= 4 is 17.7 Å². The van der Waals surface area contributed by atoms with Crippen LogP contribution < -0.4 is 0 Å². The highest BCUT2D eigenvalue weighted by Crippen LogP contribution is 2.27. The van der Waals surface area contributed by atoms with Gasteiger partial charge in [-0.15, -0.1) is 11.8 Å². The second-order valence-corrected chi connectivity index (χ2v) is 7.07. The lowest BCUT2D eigenvalue weighted by Gasteiger charge is -2.40. The summed E-state index contributed by atoms with van der Waals surface area (Å²) >= 11 is 1.46. The van der Waals surface area contributed by atoms with Crippen molar-refractivity contribution in [2.75, 3.05) is 32.4 Å². The van der Waals surface area contributed by atoms with Crippen LogP contribution in [0.25, 0.3) is 0 Å². The van der Waals surface area contributed by atoms with E-state index in [0.717, 1.165) is 24.5 Å². The van der Waals surface area contributed by atoms with Crippen LogP contribution in [0.2, 0.25) is 0 Å². The molecule has 1 saturated heterocycles. The van der Waals surface area contributed by atoms with Crippen LogP contribution >= 0.6 is 11.8 Å². The van der Waals surface area contributed by atoms with Crippen molar-refractivity contribution in [3.8, 4) is 0 Å². The van der Waals surface area contributed by atoms with E-state index in [2.05, 4.69) is 24.1 Å². The molecular formula is C19H21FN2OS. The highest BCUT2D eigenvalue weighted by Gasteiger charge is 2.29. The fourth-order valence-corrected chi connectivity index (χ4v) is 3.72. The van der Waals surface area contributed by atoms with Gasteiger partial charge in [-0.3, -0.25) is 4.79 Å². The van der Waals surface area contributed by atoms with Crippen molar-refractivity contribution in [2.45, 2.75) is 10.9 Å². The van der Waals surface area contributed by atoms with Crippen LogP contribution in [0.1, 0.15) is 11.6 Å². The van der Waals surface area contributed by atoms with Gasteiger partial charge >= 0.3 is 0 Å². The summed E-state index contributed by atoms with van der Waals surface area (Å²) in [5, 5.41) is 0. The van der Waals surface area contributed by atoms with Crippen molar-refractivity contribution in [1.82, 2.24) is 9.80 Å². The summed E-state index contributed by atoms with van der Waals surface area (Å²) in [5.74, 6) is 0.249. The number of hydrogen-bond donors (Lipinski definition) is 0. The number of hydrogen-bond acceptors (Lipinski definition) is 3. The highest BCUT2D eigenvalue weighted by molar-refractivity contribution is 8.00. The molecule has 1 amide bonds. The molecule has 5 heteroatoms. The number of halogens is 1. The van der Waals surface area contributed by atoms with Crippen LogP contribution in [0.15, 0.2) is 59.5 Å². The van der Waals surface area contributed by atoms with Crippen molar-refractivity contribution in [3.05, 3.63) is 66.0 Å². The van der Waals surface area contributed by atoms with Crippen LogP contribution in [-0.4, -0.2) is 48.1 Å². The predicted octanol–water partition coefficient (Wildman–Crippen LogP) is 3.43. The molecule has 3 nitrogen and oxygen atoms in total. The molecule has 1 atom stereocenters. The standard InChI is InChI=1S/C19H21FN2OS/c1-21-11-12-22(18(13-21)15-5-3-2-4-6-15)19(23)14-24-17-9-7-16(20)8-10-17/h2-10,18H,11-14H2,1H3/t18-/m1/s1. The van der Waals surface area contributed by atoms with E-state index in [9.17, 15) is 9.18 Å². The third-order valence-electron chi connectivity index (χ3n) is 4.26. The summed E-state index contributed by atoms with van der Waals surface area (Å²) in [6, 6.07) is 16.6. The lowest BCUT2D eigenvalue weighted by molar-refractivity contribution is -0.133. The quantitative estimate of drug-likeness (QED) is 0.794. The highest BCUT2D eigenvalue weighted by atomic mass is 32.2. The Morgan fingerprint density at radius 3 is 2.54 bits per heavy atom. The number of carbonyl (C=O) groups excluding carboxylic acids is 1. The molecule has 1 heterocycles. The van der Waals surface area contributed by atoms with Gasteiger partial charge in [0.1, 0.15) is 5.82 Å². The molecule has 1 aliphatic heterocycles. The molecule has 0 N–H and O–H groups in total. The second-order valence-electron chi connectivity index (χ2n) is 6.02. The molecule has 2 aromatic carbocycles. The van der Waals surface area contributed by atoms with E-state index in [1.807, 2.05) is 23.1 Å². The Bertz CT molecular complexity index is 678. The summed E-state index contributed by atoms with van der Waals surface area (Å²) < 4.78 is 13.0. The molecule has 0 radical (unpaired) electrons. The molecule has 0 aliphatic carbocycles. The SMILES string of the molecule is CN1CCN(C(=O)CSc2ccc(F)cc2)[C@@H](c2ccccc2)C1. The molecule has 1 fully saturated rings. The minimum absolute atomic E-state index is 0.0891. The van der Waals surface area contributed by atoms with Gasteiger partial charge in [-0.25, -0.2) is 4.39 Å². The van der Waals surface area contributed by atoms with Crippen molar-refractivity contribution in [3.63, 3.8) is 0 Å². The van der Waals surface area contributed by atoms with E-state index in [1.165, 1.54) is 29.5 Å². The normalized spacial score (nSPS) is 18.6. The fourth-order valence-electron chi connectivity index (χ4n) is 2.94. The summed E-state index contributed by atoms with van der Waals surface area (Å²) in [6.45, 7) is 2.46. The van der Waals surface area contributed by atoms with Gasteiger partial charge in [-0.2, -0.15) is 0 Å². The Balaban J connectivity index is 1.68. The van der Waals surface area contributed by atoms with Crippen molar-refractivity contribution < 1.29 is 9.18 Å². The second kappa shape index (κ2) is 7.81. The van der Waals surface area contributed by atoms with Gasteiger partial charge in [0, 0.05) is 24.5 Å². The van der Waals surface area contributed by atoms with Gasteiger partial charge in [0.05, 0.1) is 11.8 Å². The van der Waals surface area contributed by atoms with Gasteiger partial charge in [-0.05, 0) is 36.9 Å². The maximum absolute atomic E-state index is 13.0. The van der Waals surface area contributed by atoms with Crippen LogP contribution in [-0.2, 0) is 4.79 Å². The fraction of sp³-hybridized carbons (Fsp3) is 0.316. The van der Waals surface area contributed by atoms with Crippen LogP contribution in [0.4, 0.5) is 4.39 Å². The number of nitrogens with zero attached hydrogens (tertiary/aromatic N) is 2. The Morgan fingerprint density at radius 2 is 1.83 bits per heavy atom. The monoisotopic (exact) mass is 344 g/mol. The number of thioether (sulfide) groups is 1. The summed E-state index contributed by atoms with van der Waals surface area (Å²) in [7, 11) is 2.09. The summed E-state index contributed by atoms with van der Waals surface area (Å²) in [4.78, 5) is 17.9. The molecule has 126 valence electrons. The molecular weight excluding hydrogens is 323 g/mol. The van der Waals surface area contributed by atoms with Crippen LogP contribution in [0.5, 0.6) is 0 Å². The van der Waals surface area contributed by atoms with E-state index >= 15 is 0 Å². The molecule has 0 saturated carbocycles.